The van der Waals surface area contributed by atoms with Crippen LogP contribution in [0, 0.1) is 5.41 Å². The maximum absolute atomic E-state index is 11.7. The Morgan fingerprint density at radius 3 is 2.85 bits per heavy atom. The lowest BCUT2D eigenvalue weighted by atomic mass is 9.74. The summed E-state index contributed by atoms with van der Waals surface area (Å²) in [6.07, 6.45) is 4.43. The van der Waals surface area contributed by atoms with Gasteiger partial charge in [0.1, 0.15) is 0 Å². The van der Waals surface area contributed by atoms with Gasteiger partial charge in [-0.1, -0.05) is 19.3 Å². The van der Waals surface area contributed by atoms with Crippen LogP contribution in [0.5, 0.6) is 0 Å². The van der Waals surface area contributed by atoms with Crippen LogP contribution in [0.3, 0.4) is 0 Å². The van der Waals surface area contributed by atoms with Crippen molar-refractivity contribution in [1.29, 1.82) is 0 Å². The van der Waals surface area contributed by atoms with Crippen molar-refractivity contribution in [3.63, 3.8) is 0 Å². The minimum absolute atomic E-state index is 0.348. The van der Waals surface area contributed by atoms with Gasteiger partial charge in [-0.05, 0) is 34.7 Å². The van der Waals surface area contributed by atoms with Gasteiger partial charge in [0.05, 0.1) is 12.0 Å². The van der Waals surface area contributed by atoms with E-state index in [2.05, 4.69) is 15.5 Å². The fourth-order valence-electron chi connectivity index (χ4n) is 2.86. The zero-order valence-corrected chi connectivity index (χ0v) is 11.8. The lowest BCUT2D eigenvalue weighted by Crippen LogP contribution is -2.38. The molecule has 2 heterocycles. The molecule has 20 heavy (non-hydrogen) atoms. The molecule has 1 saturated carbocycles. The summed E-state index contributed by atoms with van der Waals surface area (Å²) in [7, 11) is 0. The smallest absolute Gasteiger partial charge is 0.311 e. The Morgan fingerprint density at radius 1 is 1.40 bits per heavy atom. The normalized spacial score (nSPS) is 18.0. The molecule has 0 aromatic carbocycles. The van der Waals surface area contributed by atoms with E-state index in [1.807, 2.05) is 16.8 Å². The van der Waals surface area contributed by atoms with Crippen molar-refractivity contribution < 1.29 is 9.90 Å². The van der Waals surface area contributed by atoms with Crippen molar-refractivity contribution in [1.82, 2.24) is 20.2 Å². The monoisotopic (exact) mass is 292 g/mol. The average molecular weight is 292 g/mol. The van der Waals surface area contributed by atoms with E-state index in [0.717, 1.165) is 24.8 Å². The van der Waals surface area contributed by atoms with Gasteiger partial charge in [-0.2, -0.15) is 11.3 Å². The van der Waals surface area contributed by atoms with Gasteiger partial charge in [0.2, 0.25) is 0 Å². The lowest BCUT2D eigenvalue weighted by molar-refractivity contribution is -0.152. The molecule has 7 heteroatoms. The zero-order valence-electron chi connectivity index (χ0n) is 11.0. The number of thiophene rings is 1. The third-order valence-corrected chi connectivity index (χ3v) is 4.71. The molecule has 0 spiro atoms. The minimum atomic E-state index is -0.732. The van der Waals surface area contributed by atoms with Crippen molar-refractivity contribution in [2.75, 3.05) is 0 Å². The van der Waals surface area contributed by atoms with Gasteiger partial charge in [0, 0.05) is 10.9 Å². The van der Waals surface area contributed by atoms with Crippen LogP contribution in [0.4, 0.5) is 0 Å². The van der Waals surface area contributed by atoms with Crippen LogP contribution >= 0.6 is 11.3 Å². The van der Waals surface area contributed by atoms with E-state index >= 15 is 0 Å². The van der Waals surface area contributed by atoms with Crippen molar-refractivity contribution in [3.05, 3.63) is 16.8 Å². The van der Waals surface area contributed by atoms with Gasteiger partial charge in [-0.3, -0.25) is 4.79 Å². The second kappa shape index (κ2) is 5.32. The Labute approximate surface area is 120 Å². The summed E-state index contributed by atoms with van der Waals surface area (Å²) >= 11 is 1.57. The average Bonchev–Trinajstić information content (AvgIpc) is 3.10. The molecule has 6 nitrogen and oxygen atoms in total. The number of tetrazole rings is 1. The van der Waals surface area contributed by atoms with Crippen molar-refractivity contribution >= 4 is 17.3 Å². The standard InChI is InChI=1S/C13H16N4O2S/c18-12(19)13(5-2-1-3-6-13)9-17-11(14-15-16-17)10-4-7-20-8-10/h4,7-8H,1-3,5-6,9H2,(H,18,19). The Balaban J connectivity index is 1.90. The first-order valence-corrected chi connectivity index (χ1v) is 7.68. The SMILES string of the molecule is O=C(O)C1(Cn2nnnc2-c2ccsc2)CCCCC1. The van der Waals surface area contributed by atoms with Gasteiger partial charge >= 0.3 is 5.97 Å². The molecular formula is C13H16N4O2S. The molecule has 2 aromatic heterocycles. The van der Waals surface area contributed by atoms with Crippen LogP contribution in [0.15, 0.2) is 16.8 Å². The molecular weight excluding hydrogens is 276 g/mol. The van der Waals surface area contributed by atoms with Gasteiger partial charge < -0.3 is 5.11 Å². The summed E-state index contributed by atoms with van der Waals surface area (Å²) in [5, 5.41) is 25.3. The highest BCUT2D eigenvalue weighted by Gasteiger charge is 2.41. The molecule has 0 atom stereocenters. The van der Waals surface area contributed by atoms with Gasteiger partial charge in [-0.25, -0.2) is 4.68 Å². The van der Waals surface area contributed by atoms with E-state index in [0.29, 0.717) is 25.2 Å². The maximum Gasteiger partial charge on any atom is 0.311 e. The second-order valence-corrected chi connectivity index (χ2v) is 6.10. The summed E-state index contributed by atoms with van der Waals surface area (Å²) < 4.78 is 1.64. The highest BCUT2D eigenvalue weighted by Crippen LogP contribution is 2.38. The number of hydrogen-bond donors (Lipinski definition) is 1. The molecule has 106 valence electrons. The first kappa shape index (κ1) is 13.2. The molecule has 1 fully saturated rings. The first-order valence-electron chi connectivity index (χ1n) is 6.73. The van der Waals surface area contributed by atoms with E-state index in [1.54, 1.807) is 16.0 Å². The van der Waals surface area contributed by atoms with Crippen molar-refractivity contribution in [2.24, 2.45) is 5.41 Å². The Hall–Kier alpha value is -1.76. The number of aromatic nitrogens is 4. The number of hydrogen-bond acceptors (Lipinski definition) is 5. The Morgan fingerprint density at radius 2 is 2.20 bits per heavy atom. The topological polar surface area (TPSA) is 80.9 Å². The molecule has 0 amide bonds. The molecule has 0 unspecified atom stereocenters. The Bertz CT molecular complexity index is 587. The molecule has 1 aliphatic carbocycles. The van der Waals surface area contributed by atoms with Gasteiger partial charge in [0.15, 0.2) is 5.82 Å². The summed E-state index contributed by atoms with van der Waals surface area (Å²) in [6.45, 7) is 0.348. The predicted octanol–water partition coefficient (Wildman–Crippen LogP) is 2.44. The third kappa shape index (κ3) is 2.33. The summed E-state index contributed by atoms with van der Waals surface area (Å²) in [4.78, 5) is 11.7. The summed E-state index contributed by atoms with van der Waals surface area (Å²) in [5.74, 6) is -0.0820. The first-order chi connectivity index (χ1) is 9.71. The fourth-order valence-corrected chi connectivity index (χ4v) is 3.50. The van der Waals surface area contributed by atoms with Crippen LogP contribution in [-0.4, -0.2) is 31.3 Å². The van der Waals surface area contributed by atoms with E-state index < -0.39 is 11.4 Å². The lowest BCUT2D eigenvalue weighted by Gasteiger charge is -2.32. The molecule has 1 aliphatic rings. The quantitative estimate of drug-likeness (QED) is 0.936. The number of carboxylic acids is 1. The van der Waals surface area contributed by atoms with Gasteiger partial charge in [-0.15, -0.1) is 5.10 Å². The highest BCUT2D eigenvalue weighted by atomic mass is 32.1. The molecule has 1 N–H and O–H groups in total. The van der Waals surface area contributed by atoms with Crippen LogP contribution in [-0.2, 0) is 11.3 Å². The van der Waals surface area contributed by atoms with Crippen molar-refractivity contribution in [3.8, 4) is 11.4 Å². The van der Waals surface area contributed by atoms with Crippen LogP contribution in [0.2, 0.25) is 0 Å². The molecule has 0 saturated heterocycles. The number of aliphatic carboxylic acids is 1. The van der Waals surface area contributed by atoms with E-state index in [9.17, 15) is 9.90 Å². The summed E-state index contributed by atoms with van der Waals surface area (Å²) in [6, 6.07) is 1.95. The number of carboxylic acid groups (broad SMARTS) is 1. The molecule has 0 bridgehead atoms. The van der Waals surface area contributed by atoms with E-state index in [-0.39, 0.29) is 0 Å². The predicted molar refractivity (Wildman–Crippen MR) is 74.3 cm³/mol. The molecule has 0 aliphatic heterocycles. The molecule has 3 rings (SSSR count). The maximum atomic E-state index is 11.7. The number of rotatable bonds is 4. The number of carbonyl (C=O) groups is 1. The molecule has 2 aromatic rings. The van der Waals surface area contributed by atoms with E-state index in [4.69, 9.17) is 0 Å². The second-order valence-electron chi connectivity index (χ2n) is 5.32. The largest absolute Gasteiger partial charge is 0.481 e. The van der Waals surface area contributed by atoms with Crippen molar-refractivity contribution in [2.45, 2.75) is 38.6 Å². The van der Waals surface area contributed by atoms with Gasteiger partial charge in [0.25, 0.3) is 0 Å². The highest BCUT2D eigenvalue weighted by molar-refractivity contribution is 7.08. The number of nitrogens with zero attached hydrogens (tertiary/aromatic N) is 4. The van der Waals surface area contributed by atoms with E-state index in [1.165, 1.54) is 0 Å². The summed E-state index contributed by atoms with van der Waals surface area (Å²) in [5.41, 5.74) is 0.217. The fraction of sp³-hybridized carbons (Fsp3) is 0.538. The van der Waals surface area contributed by atoms with Crippen LogP contribution in [0.1, 0.15) is 32.1 Å². The zero-order chi connectivity index (χ0) is 14.0. The minimum Gasteiger partial charge on any atom is -0.481 e. The van der Waals surface area contributed by atoms with Crippen LogP contribution < -0.4 is 0 Å². The van der Waals surface area contributed by atoms with Crippen LogP contribution in [0.25, 0.3) is 11.4 Å². The third-order valence-electron chi connectivity index (χ3n) is 4.03. The Kier molecular flexibility index (Phi) is 3.52. The molecule has 0 radical (unpaired) electrons.